The highest BCUT2D eigenvalue weighted by Crippen LogP contribution is 2.23. The minimum Gasteiger partial charge on any atom is -0.336 e. The molecule has 0 atom stereocenters. The number of carbonyl (C=O) groups is 1. The summed E-state index contributed by atoms with van der Waals surface area (Å²) in [5, 5.41) is 1.59. The van der Waals surface area contributed by atoms with Gasteiger partial charge in [0, 0.05) is 36.1 Å². The molecule has 0 N–H and O–H groups in total. The molecular weight excluding hydrogens is 452 g/mol. The topological polar surface area (TPSA) is 57.7 Å². The molecule has 0 aliphatic carbocycles. The Bertz CT molecular complexity index is 956. The zero-order chi connectivity index (χ0) is 19.4. The van der Waals surface area contributed by atoms with Crippen LogP contribution < -0.4 is 0 Å². The van der Waals surface area contributed by atoms with Crippen LogP contribution in [0, 0.1) is 0 Å². The number of piperazine rings is 1. The van der Waals surface area contributed by atoms with Gasteiger partial charge < -0.3 is 4.90 Å². The van der Waals surface area contributed by atoms with Crippen LogP contribution in [0.5, 0.6) is 0 Å². The van der Waals surface area contributed by atoms with Crippen molar-refractivity contribution >= 4 is 49.5 Å². The summed E-state index contributed by atoms with van der Waals surface area (Å²) in [6, 6.07) is 14.4. The van der Waals surface area contributed by atoms with E-state index in [2.05, 4.69) is 15.9 Å². The number of carbonyl (C=O) groups excluding carboxylic acids is 1. The molecule has 0 saturated carbocycles. The largest absolute Gasteiger partial charge is 0.336 e. The Morgan fingerprint density at radius 3 is 2.37 bits per heavy atom. The summed E-state index contributed by atoms with van der Waals surface area (Å²) in [5.74, 6) is -0.196. The lowest BCUT2D eigenvalue weighted by atomic mass is 10.2. The van der Waals surface area contributed by atoms with Crippen molar-refractivity contribution < 1.29 is 13.2 Å². The van der Waals surface area contributed by atoms with Gasteiger partial charge in [0.05, 0.1) is 10.6 Å². The predicted octanol–water partition coefficient (Wildman–Crippen LogP) is 3.86. The first-order valence-electron chi connectivity index (χ1n) is 8.34. The van der Waals surface area contributed by atoms with E-state index in [1.165, 1.54) is 9.71 Å². The summed E-state index contributed by atoms with van der Waals surface area (Å²) in [6.07, 6.45) is 1.58. The van der Waals surface area contributed by atoms with Gasteiger partial charge in [-0.3, -0.25) is 4.79 Å². The molecule has 0 aromatic heterocycles. The van der Waals surface area contributed by atoms with Gasteiger partial charge in [0.2, 0.25) is 10.0 Å². The van der Waals surface area contributed by atoms with Crippen molar-refractivity contribution in [1.82, 2.24) is 9.21 Å². The van der Waals surface area contributed by atoms with Gasteiger partial charge in [-0.1, -0.05) is 57.9 Å². The van der Waals surface area contributed by atoms with Crippen molar-refractivity contribution in [3.63, 3.8) is 0 Å². The summed E-state index contributed by atoms with van der Waals surface area (Å²) in [6.45, 7) is 1.14. The number of rotatable bonds is 4. The number of halogens is 2. The van der Waals surface area contributed by atoms with Crippen LogP contribution in [0.25, 0.3) is 6.08 Å². The van der Waals surface area contributed by atoms with Gasteiger partial charge in [0.25, 0.3) is 5.91 Å². The van der Waals surface area contributed by atoms with Crippen LogP contribution in [-0.4, -0.2) is 49.7 Å². The number of benzene rings is 2. The smallest absolute Gasteiger partial charge is 0.255 e. The molecule has 142 valence electrons. The van der Waals surface area contributed by atoms with E-state index in [9.17, 15) is 13.2 Å². The molecule has 1 aliphatic rings. The molecule has 0 spiro atoms. The molecule has 1 fully saturated rings. The zero-order valence-corrected chi connectivity index (χ0v) is 17.5. The number of sulfonamides is 1. The average molecular weight is 470 g/mol. The molecule has 1 heterocycles. The van der Waals surface area contributed by atoms with Crippen LogP contribution in [0.15, 0.2) is 58.4 Å². The number of amides is 1. The zero-order valence-electron chi connectivity index (χ0n) is 14.4. The Hall–Kier alpha value is -1.67. The predicted molar refractivity (Wildman–Crippen MR) is 111 cm³/mol. The van der Waals surface area contributed by atoms with E-state index in [0.29, 0.717) is 23.7 Å². The minimum absolute atomic E-state index is 0.196. The SMILES string of the molecule is O=C(c1cc(Br)ccc1Cl)N1CCN(S(=O)(=O)/C=C/c2ccccc2)CC1. The second kappa shape index (κ2) is 8.56. The molecule has 0 unspecified atom stereocenters. The molecule has 2 aromatic rings. The van der Waals surface area contributed by atoms with E-state index < -0.39 is 10.0 Å². The second-order valence-electron chi connectivity index (χ2n) is 6.07. The summed E-state index contributed by atoms with van der Waals surface area (Å²) in [7, 11) is -3.53. The third-order valence-electron chi connectivity index (χ3n) is 4.28. The Kier molecular flexibility index (Phi) is 6.37. The molecule has 27 heavy (non-hydrogen) atoms. The third-order valence-corrected chi connectivity index (χ3v) is 6.66. The van der Waals surface area contributed by atoms with Crippen LogP contribution in [0.2, 0.25) is 5.02 Å². The fourth-order valence-corrected chi connectivity index (χ4v) is 4.53. The average Bonchev–Trinajstić information content (AvgIpc) is 2.69. The minimum atomic E-state index is -3.53. The van der Waals surface area contributed by atoms with Crippen molar-refractivity contribution in [3.8, 4) is 0 Å². The van der Waals surface area contributed by atoms with Crippen LogP contribution in [0.3, 0.4) is 0 Å². The second-order valence-corrected chi connectivity index (χ2v) is 9.22. The van der Waals surface area contributed by atoms with Crippen molar-refractivity contribution in [1.29, 1.82) is 0 Å². The Balaban J connectivity index is 1.65. The van der Waals surface area contributed by atoms with Crippen molar-refractivity contribution in [2.75, 3.05) is 26.2 Å². The molecule has 2 aromatic carbocycles. The molecule has 5 nitrogen and oxygen atoms in total. The fourth-order valence-electron chi connectivity index (χ4n) is 2.79. The summed E-state index contributed by atoms with van der Waals surface area (Å²) >= 11 is 9.46. The van der Waals surface area contributed by atoms with E-state index in [-0.39, 0.29) is 19.0 Å². The highest BCUT2D eigenvalue weighted by Gasteiger charge is 2.28. The van der Waals surface area contributed by atoms with Gasteiger partial charge in [-0.25, -0.2) is 8.42 Å². The highest BCUT2D eigenvalue weighted by atomic mass is 79.9. The summed E-state index contributed by atoms with van der Waals surface area (Å²) in [5.41, 5.74) is 1.23. The standard InChI is InChI=1S/C19H18BrClN2O3S/c20-16-6-7-18(21)17(14-16)19(24)22-9-11-23(12-10-22)27(25,26)13-8-15-4-2-1-3-5-15/h1-8,13-14H,9-12H2/b13-8+. The lowest BCUT2D eigenvalue weighted by Gasteiger charge is -2.33. The van der Waals surface area contributed by atoms with Gasteiger partial charge in [0.15, 0.2) is 0 Å². The number of hydrogen-bond acceptors (Lipinski definition) is 3. The van der Waals surface area contributed by atoms with Gasteiger partial charge in [0.1, 0.15) is 0 Å². The number of hydrogen-bond donors (Lipinski definition) is 0. The van der Waals surface area contributed by atoms with Crippen molar-refractivity contribution in [3.05, 3.63) is 74.6 Å². The quantitative estimate of drug-likeness (QED) is 0.683. The first kappa shape index (κ1) is 20.1. The fraction of sp³-hybridized carbons (Fsp3) is 0.211. The maximum atomic E-state index is 12.7. The van der Waals surface area contributed by atoms with E-state index in [4.69, 9.17) is 11.6 Å². The maximum Gasteiger partial charge on any atom is 0.255 e. The Morgan fingerprint density at radius 1 is 1.04 bits per heavy atom. The first-order valence-corrected chi connectivity index (χ1v) is 11.0. The molecule has 8 heteroatoms. The third kappa shape index (κ3) is 4.99. The van der Waals surface area contributed by atoms with E-state index in [1.54, 1.807) is 29.2 Å². The molecule has 0 bridgehead atoms. The molecule has 0 radical (unpaired) electrons. The van der Waals surface area contributed by atoms with Gasteiger partial charge in [-0.05, 0) is 29.8 Å². The molecule has 1 amide bonds. The first-order chi connectivity index (χ1) is 12.9. The molecule has 1 aliphatic heterocycles. The lowest BCUT2D eigenvalue weighted by molar-refractivity contribution is 0.0698. The lowest BCUT2D eigenvalue weighted by Crippen LogP contribution is -2.50. The van der Waals surface area contributed by atoms with Crippen LogP contribution in [-0.2, 0) is 10.0 Å². The van der Waals surface area contributed by atoms with Gasteiger partial charge in [-0.2, -0.15) is 4.31 Å². The number of nitrogens with zero attached hydrogens (tertiary/aromatic N) is 2. The maximum absolute atomic E-state index is 12.7. The summed E-state index contributed by atoms with van der Waals surface area (Å²) < 4.78 is 27.2. The summed E-state index contributed by atoms with van der Waals surface area (Å²) in [4.78, 5) is 14.3. The normalized spacial score (nSPS) is 16.0. The van der Waals surface area contributed by atoms with Crippen LogP contribution in [0.1, 0.15) is 15.9 Å². The molecule has 3 rings (SSSR count). The molecule has 1 saturated heterocycles. The monoisotopic (exact) mass is 468 g/mol. The highest BCUT2D eigenvalue weighted by molar-refractivity contribution is 9.10. The Morgan fingerprint density at radius 2 is 1.70 bits per heavy atom. The molecular formula is C19H18BrClN2O3S. The van der Waals surface area contributed by atoms with Crippen molar-refractivity contribution in [2.24, 2.45) is 0 Å². The van der Waals surface area contributed by atoms with Crippen LogP contribution in [0.4, 0.5) is 0 Å². The van der Waals surface area contributed by atoms with Gasteiger partial charge >= 0.3 is 0 Å². The Labute approximate surface area is 172 Å². The van der Waals surface area contributed by atoms with E-state index >= 15 is 0 Å². The van der Waals surface area contributed by atoms with E-state index in [1.807, 2.05) is 30.3 Å². The van der Waals surface area contributed by atoms with Crippen LogP contribution >= 0.6 is 27.5 Å². The van der Waals surface area contributed by atoms with E-state index in [0.717, 1.165) is 10.0 Å². The van der Waals surface area contributed by atoms with Gasteiger partial charge in [-0.15, -0.1) is 0 Å². The van der Waals surface area contributed by atoms with Crippen molar-refractivity contribution in [2.45, 2.75) is 0 Å².